The second-order valence-corrected chi connectivity index (χ2v) is 5.09. The van der Waals surface area contributed by atoms with E-state index < -0.39 is 0 Å². The second-order valence-electron chi connectivity index (χ2n) is 5.09. The van der Waals surface area contributed by atoms with Crippen molar-refractivity contribution in [2.45, 2.75) is 6.42 Å². The molecule has 0 fully saturated rings. The number of hydrogen-bond donors (Lipinski definition) is 2. The van der Waals surface area contributed by atoms with E-state index in [2.05, 4.69) is 20.6 Å². The molecule has 0 radical (unpaired) electrons. The monoisotopic (exact) mass is 346 g/mol. The number of nitrogens with zero attached hydrogens (tertiary/aromatic N) is 2. The third-order valence-corrected chi connectivity index (χ3v) is 3.38. The molecule has 0 spiro atoms. The van der Waals surface area contributed by atoms with Crippen molar-refractivity contribution < 1.29 is 19.0 Å². The number of carbonyl (C=O) groups is 1. The Morgan fingerprint density at radius 1 is 1.12 bits per heavy atom. The van der Waals surface area contributed by atoms with Gasteiger partial charge in [-0.15, -0.1) is 0 Å². The zero-order valence-electron chi connectivity index (χ0n) is 14.5. The lowest BCUT2D eigenvalue weighted by Crippen LogP contribution is -2.25. The fourth-order valence-corrected chi connectivity index (χ4v) is 2.05. The maximum absolute atomic E-state index is 12.0. The van der Waals surface area contributed by atoms with E-state index in [0.717, 1.165) is 6.42 Å². The third kappa shape index (κ3) is 5.32. The zero-order chi connectivity index (χ0) is 18.1. The first-order valence-corrected chi connectivity index (χ1v) is 7.76. The molecule has 1 aromatic heterocycles. The average molecular weight is 346 g/mol. The molecule has 0 aliphatic carbocycles. The molecule has 0 saturated carbocycles. The Bertz CT molecular complexity index is 692. The van der Waals surface area contributed by atoms with Gasteiger partial charge in [0, 0.05) is 38.7 Å². The van der Waals surface area contributed by atoms with Crippen molar-refractivity contribution in [3.63, 3.8) is 0 Å². The van der Waals surface area contributed by atoms with Crippen LogP contribution in [0.2, 0.25) is 0 Å². The Morgan fingerprint density at radius 3 is 2.52 bits per heavy atom. The summed E-state index contributed by atoms with van der Waals surface area (Å²) in [6, 6.07) is 5.36. The van der Waals surface area contributed by atoms with E-state index in [1.807, 2.05) is 0 Å². The largest absolute Gasteiger partial charge is 0.497 e. The molecule has 0 aliphatic heterocycles. The molecule has 8 heteroatoms. The number of methoxy groups -OCH3 is 3. The van der Waals surface area contributed by atoms with Crippen molar-refractivity contribution >= 4 is 17.5 Å². The molecule has 0 bridgehead atoms. The van der Waals surface area contributed by atoms with Crippen molar-refractivity contribution in [2.24, 2.45) is 0 Å². The van der Waals surface area contributed by atoms with E-state index in [9.17, 15) is 4.79 Å². The molecular weight excluding hydrogens is 324 g/mol. The van der Waals surface area contributed by atoms with Gasteiger partial charge in [-0.1, -0.05) is 0 Å². The van der Waals surface area contributed by atoms with E-state index in [4.69, 9.17) is 14.2 Å². The molecule has 2 N–H and O–H groups in total. The molecule has 2 rings (SSSR count). The number of hydrogen-bond acceptors (Lipinski definition) is 7. The van der Waals surface area contributed by atoms with Crippen LogP contribution in [0.5, 0.6) is 11.5 Å². The van der Waals surface area contributed by atoms with E-state index >= 15 is 0 Å². The van der Waals surface area contributed by atoms with Gasteiger partial charge in [-0.25, -0.2) is 9.97 Å². The van der Waals surface area contributed by atoms with E-state index in [-0.39, 0.29) is 5.91 Å². The lowest BCUT2D eigenvalue weighted by atomic mass is 10.2. The zero-order valence-corrected chi connectivity index (χ0v) is 14.5. The van der Waals surface area contributed by atoms with Gasteiger partial charge in [-0.2, -0.15) is 0 Å². The summed E-state index contributed by atoms with van der Waals surface area (Å²) < 4.78 is 15.4. The Hall–Kier alpha value is -2.87. The van der Waals surface area contributed by atoms with Crippen molar-refractivity contribution in [3.05, 3.63) is 36.2 Å². The van der Waals surface area contributed by atoms with E-state index in [0.29, 0.717) is 41.8 Å². The molecule has 134 valence electrons. The number of ether oxygens (including phenoxy) is 3. The molecule has 8 nitrogen and oxygen atoms in total. The maximum atomic E-state index is 12.0. The van der Waals surface area contributed by atoms with Gasteiger partial charge < -0.3 is 24.8 Å². The lowest BCUT2D eigenvalue weighted by Gasteiger charge is -2.11. The highest BCUT2D eigenvalue weighted by molar-refractivity contribution is 5.93. The van der Waals surface area contributed by atoms with Gasteiger partial charge in [-0.3, -0.25) is 4.79 Å². The average Bonchev–Trinajstić information content (AvgIpc) is 2.66. The molecular formula is C17H22N4O4. The van der Waals surface area contributed by atoms with Gasteiger partial charge in [0.25, 0.3) is 5.91 Å². The standard InChI is InChI=1S/C17H22N4O4/c1-23-8-4-7-18-16(22)12-10-19-17(20-11-12)21-14-6-5-13(24-2)9-15(14)25-3/h5-6,9-11H,4,7-8H2,1-3H3,(H,18,22)(H,19,20,21). The summed E-state index contributed by atoms with van der Waals surface area (Å²) in [7, 11) is 4.78. The summed E-state index contributed by atoms with van der Waals surface area (Å²) in [5.41, 5.74) is 1.09. The van der Waals surface area contributed by atoms with E-state index in [1.54, 1.807) is 39.5 Å². The number of aromatic nitrogens is 2. The van der Waals surface area contributed by atoms with Gasteiger partial charge in [0.2, 0.25) is 5.95 Å². The Kier molecular flexibility index (Phi) is 6.97. The number of amides is 1. The van der Waals surface area contributed by atoms with Crippen LogP contribution in [0.1, 0.15) is 16.8 Å². The number of nitrogens with one attached hydrogen (secondary N) is 2. The van der Waals surface area contributed by atoms with Gasteiger partial charge in [-0.05, 0) is 18.6 Å². The number of benzene rings is 1. The molecule has 0 saturated heterocycles. The van der Waals surface area contributed by atoms with Crippen LogP contribution in [0.3, 0.4) is 0 Å². The molecule has 25 heavy (non-hydrogen) atoms. The topological polar surface area (TPSA) is 94.6 Å². The smallest absolute Gasteiger partial charge is 0.254 e. The van der Waals surface area contributed by atoms with Crippen LogP contribution < -0.4 is 20.1 Å². The Labute approximate surface area is 146 Å². The summed E-state index contributed by atoms with van der Waals surface area (Å²) >= 11 is 0. The van der Waals surface area contributed by atoms with Crippen molar-refractivity contribution in [1.29, 1.82) is 0 Å². The number of rotatable bonds is 9. The Morgan fingerprint density at radius 2 is 1.88 bits per heavy atom. The normalized spacial score (nSPS) is 10.2. The SMILES string of the molecule is COCCCNC(=O)c1cnc(Nc2ccc(OC)cc2OC)nc1. The predicted molar refractivity (Wildman–Crippen MR) is 93.7 cm³/mol. The quantitative estimate of drug-likeness (QED) is 0.671. The van der Waals surface area contributed by atoms with Crippen LogP contribution in [-0.4, -0.2) is 50.4 Å². The summed E-state index contributed by atoms with van der Waals surface area (Å²) in [4.78, 5) is 20.3. The molecule has 1 amide bonds. The Balaban J connectivity index is 1.99. The van der Waals surface area contributed by atoms with Crippen LogP contribution in [-0.2, 0) is 4.74 Å². The lowest BCUT2D eigenvalue weighted by molar-refractivity contribution is 0.0948. The summed E-state index contributed by atoms with van der Waals surface area (Å²) in [5.74, 6) is 1.43. The van der Waals surface area contributed by atoms with Crippen LogP contribution >= 0.6 is 0 Å². The predicted octanol–water partition coefficient (Wildman–Crippen LogP) is 2.00. The maximum Gasteiger partial charge on any atom is 0.254 e. The van der Waals surface area contributed by atoms with Gasteiger partial charge in [0.15, 0.2) is 0 Å². The molecule has 1 aromatic carbocycles. The fraction of sp³-hybridized carbons (Fsp3) is 0.353. The summed E-state index contributed by atoms with van der Waals surface area (Å²) in [6.45, 7) is 1.14. The summed E-state index contributed by atoms with van der Waals surface area (Å²) in [5, 5.41) is 5.83. The number of anilines is 2. The van der Waals surface area contributed by atoms with Gasteiger partial charge >= 0.3 is 0 Å². The van der Waals surface area contributed by atoms with Crippen LogP contribution in [0.25, 0.3) is 0 Å². The van der Waals surface area contributed by atoms with Gasteiger partial charge in [0.1, 0.15) is 11.5 Å². The summed E-state index contributed by atoms with van der Waals surface area (Å²) in [6.07, 6.45) is 3.69. The fourth-order valence-electron chi connectivity index (χ4n) is 2.05. The van der Waals surface area contributed by atoms with Crippen molar-refractivity contribution in [3.8, 4) is 11.5 Å². The first kappa shape index (κ1) is 18.5. The van der Waals surface area contributed by atoms with Crippen LogP contribution in [0, 0.1) is 0 Å². The van der Waals surface area contributed by atoms with Crippen molar-refractivity contribution in [2.75, 3.05) is 39.8 Å². The highest BCUT2D eigenvalue weighted by atomic mass is 16.5. The second kappa shape index (κ2) is 9.43. The van der Waals surface area contributed by atoms with Crippen molar-refractivity contribution in [1.82, 2.24) is 15.3 Å². The van der Waals surface area contributed by atoms with Crippen LogP contribution in [0.15, 0.2) is 30.6 Å². The minimum Gasteiger partial charge on any atom is -0.497 e. The first-order valence-electron chi connectivity index (χ1n) is 7.76. The number of carbonyl (C=O) groups excluding carboxylic acids is 1. The molecule has 2 aromatic rings. The molecule has 1 heterocycles. The highest BCUT2D eigenvalue weighted by Crippen LogP contribution is 2.30. The first-order chi connectivity index (χ1) is 12.2. The third-order valence-electron chi connectivity index (χ3n) is 3.38. The molecule has 0 atom stereocenters. The highest BCUT2D eigenvalue weighted by Gasteiger charge is 2.09. The minimum atomic E-state index is -0.218. The minimum absolute atomic E-state index is 0.218. The molecule has 0 unspecified atom stereocenters. The van der Waals surface area contributed by atoms with Crippen LogP contribution in [0.4, 0.5) is 11.6 Å². The van der Waals surface area contributed by atoms with E-state index in [1.165, 1.54) is 12.4 Å². The molecule has 0 aliphatic rings. The van der Waals surface area contributed by atoms with Gasteiger partial charge in [0.05, 0.1) is 25.5 Å².